The number of methoxy groups -OCH3 is 1. The Morgan fingerprint density at radius 3 is 2.35 bits per heavy atom. The molecule has 0 amide bonds. The van der Waals surface area contributed by atoms with E-state index in [0.717, 1.165) is 12.0 Å². The molecule has 0 radical (unpaired) electrons. The zero-order valence-corrected chi connectivity index (χ0v) is 14.6. The van der Waals surface area contributed by atoms with Gasteiger partial charge in [-0.05, 0) is 31.0 Å². The number of alkyl halides is 1. The Kier molecular flexibility index (Phi) is 7.15. The van der Waals surface area contributed by atoms with E-state index in [0.29, 0.717) is 23.4 Å². The summed E-state index contributed by atoms with van der Waals surface area (Å²) in [5.74, 6) is 0. The Hall–Kier alpha value is -0.430. The van der Waals surface area contributed by atoms with E-state index in [9.17, 15) is 8.42 Å². The third-order valence-electron chi connectivity index (χ3n) is 3.28. The van der Waals surface area contributed by atoms with Gasteiger partial charge < -0.3 is 4.74 Å². The second-order valence-electron chi connectivity index (χ2n) is 4.64. The monoisotopic (exact) mass is 363 g/mol. The van der Waals surface area contributed by atoms with Gasteiger partial charge in [0.05, 0.1) is 11.5 Å². The number of sulfonamides is 1. The number of benzene rings is 1. The molecule has 20 heavy (non-hydrogen) atoms. The molecular formula is C14H22BrNO3S. The van der Waals surface area contributed by atoms with Gasteiger partial charge in [-0.25, -0.2) is 8.42 Å². The summed E-state index contributed by atoms with van der Waals surface area (Å²) in [6.07, 6.45) is 0.766. The molecule has 4 nitrogen and oxygen atoms in total. The second kappa shape index (κ2) is 8.12. The molecule has 1 rings (SSSR count). The van der Waals surface area contributed by atoms with Crippen LogP contribution in [0.5, 0.6) is 0 Å². The summed E-state index contributed by atoms with van der Waals surface area (Å²) in [5, 5.41) is 0.714. The first kappa shape index (κ1) is 17.6. The lowest BCUT2D eigenvalue weighted by Gasteiger charge is -2.27. The van der Waals surface area contributed by atoms with Gasteiger partial charge in [0.25, 0.3) is 0 Å². The van der Waals surface area contributed by atoms with Crippen LogP contribution < -0.4 is 0 Å². The number of hydrogen-bond acceptors (Lipinski definition) is 3. The topological polar surface area (TPSA) is 46.6 Å². The molecule has 1 aromatic rings. The Labute approximate surface area is 130 Å². The summed E-state index contributed by atoms with van der Waals surface area (Å²) in [4.78, 5) is 0.332. The Bertz CT molecular complexity index is 502. The highest BCUT2D eigenvalue weighted by molar-refractivity contribution is 9.08. The molecule has 0 heterocycles. The van der Waals surface area contributed by atoms with E-state index < -0.39 is 10.0 Å². The maximum Gasteiger partial charge on any atom is 0.243 e. The van der Waals surface area contributed by atoms with E-state index in [2.05, 4.69) is 15.9 Å². The van der Waals surface area contributed by atoms with Crippen molar-refractivity contribution < 1.29 is 13.2 Å². The van der Waals surface area contributed by atoms with Crippen molar-refractivity contribution in [3.05, 3.63) is 29.8 Å². The van der Waals surface area contributed by atoms with Crippen molar-refractivity contribution in [2.24, 2.45) is 0 Å². The molecule has 1 atom stereocenters. The van der Waals surface area contributed by atoms with Gasteiger partial charge in [0, 0.05) is 25.0 Å². The van der Waals surface area contributed by atoms with E-state index in [1.165, 1.54) is 4.31 Å². The molecule has 0 N–H and O–H groups in total. The molecule has 0 saturated carbocycles. The van der Waals surface area contributed by atoms with Crippen molar-refractivity contribution >= 4 is 26.0 Å². The van der Waals surface area contributed by atoms with Gasteiger partial charge in [0.15, 0.2) is 0 Å². The summed E-state index contributed by atoms with van der Waals surface area (Å²) < 4.78 is 31.9. The van der Waals surface area contributed by atoms with Crippen molar-refractivity contribution in [2.45, 2.75) is 36.5 Å². The molecule has 0 aliphatic carbocycles. The summed E-state index contributed by atoms with van der Waals surface area (Å²) >= 11 is 3.35. The first-order valence-corrected chi connectivity index (χ1v) is 9.19. The predicted molar refractivity (Wildman–Crippen MR) is 84.6 cm³/mol. The Balaban J connectivity index is 3.07. The van der Waals surface area contributed by atoms with E-state index in [-0.39, 0.29) is 6.04 Å². The van der Waals surface area contributed by atoms with E-state index in [1.807, 2.05) is 26.0 Å². The highest BCUT2D eigenvalue weighted by atomic mass is 79.9. The summed E-state index contributed by atoms with van der Waals surface area (Å²) in [6, 6.07) is 6.92. The fraction of sp³-hybridized carbons (Fsp3) is 0.571. The molecule has 0 aliphatic heterocycles. The molecule has 6 heteroatoms. The van der Waals surface area contributed by atoms with Gasteiger partial charge in [-0.15, -0.1) is 0 Å². The maximum absolute atomic E-state index is 12.7. The van der Waals surface area contributed by atoms with Crippen molar-refractivity contribution in [1.82, 2.24) is 4.31 Å². The number of nitrogens with zero attached hydrogens (tertiary/aromatic N) is 1. The van der Waals surface area contributed by atoms with Crippen LogP contribution in [0.3, 0.4) is 0 Å². The summed E-state index contributed by atoms with van der Waals surface area (Å²) in [7, 11) is -1.90. The van der Waals surface area contributed by atoms with Gasteiger partial charge in [-0.3, -0.25) is 0 Å². The zero-order chi connectivity index (χ0) is 15.2. The molecule has 0 fully saturated rings. The number of rotatable bonds is 8. The summed E-state index contributed by atoms with van der Waals surface area (Å²) in [5.41, 5.74) is 1.05. The minimum atomic E-state index is -3.47. The van der Waals surface area contributed by atoms with Crippen LogP contribution >= 0.6 is 15.9 Å². The van der Waals surface area contributed by atoms with Gasteiger partial charge in [-0.2, -0.15) is 4.31 Å². The Morgan fingerprint density at radius 2 is 1.90 bits per heavy atom. The lowest BCUT2D eigenvalue weighted by Crippen LogP contribution is -2.40. The van der Waals surface area contributed by atoms with Crippen LogP contribution in [0, 0.1) is 0 Å². The SMILES string of the molecule is CCC(C)N(CCOC)S(=O)(=O)c1ccc(CBr)cc1. The van der Waals surface area contributed by atoms with E-state index in [4.69, 9.17) is 4.74 Å². The first-order valence-electron chi connectivity index (χ1n) is 6.63. The second-order valence-corrected chi connectivity index (χ2v) is 7.09. The van der Waals surface area contributed by atoms with Crippen LogP contribution in [-0.4, -0.2) is 39.0 Å². The fourth-order valence-electron chi connectivity index (χ4n) is 1.85. The molecule has 0 bridgehead atoms. The van der Waals surface area contributed by atoms with Crippen LogP contribution in [-0.2, 0) is 20.1 Å². The molecule has 0 saturated heterocycles. The first-order chi connectivity index (χ1) is 9.47. The molecule has 0 aliphatic rings. The van der Waals surface area contributed by atoms with Crippen LogP contribution in [0.25, 0.3) is 0 Å². The summed E-state index contributed by atoms with van der Waals surface area (Å²) in [6.45, 7) is 4.66. The van der Waals surface area contributed by atoms with E-state index >= 15 is 0 Å². The molecule has 1 aromatic carbocycles. The van der Waals surface area contributed by atoms with Crippen molar-refractivity contribution in [3.63, 3.8) is 0 Å². The third-order valence-corrected chi connectivity index (χ3v) is 5.96. The predicted octanol–water partition coefficient (Wildman–Crippen LogP) is 3.02. The van der Waals surface area contributed by atoms with Crippen LogP contribution in [0.15, 0.2) is 29.2 Å². The van der Waals surface area contributed by atoms with Crippen molar-refractivity contribution in [2.75, 3.05) is 20.3 Å². The largest absolute Gasteiger partial charge is 0.383 e. The standard InChI is InChI=1S/C14H22BrNO3S/c1-4-12(2)16(9-10-19-3)20(17,18)14-7-5-13(11-15)6-8-14/h5-8,12H,4,9-11H2,1-3H3. The number of ether oxygens (including phenoxy) is 1. The third kappa shape index (κ3) is 4.28. The minimum absolute atomic E-state index is 0.0500. The normalized spacial score (nSPS) is 13.7. The average molecular weight is 364 g/mol. The van der Waals surface area contributed by atoms with Gasteiger partial charge in [0.2, 0.25) is 10.0 Å². The van der Waals surface area contributed by atoms with Crippen molar-refractivity contribution in [3.8, 4) is 0 Å². The highest BCUT2D eigenvalue weighted by Crippen LogP contribution is 2.20. The number of hydrogen-bond donors (Lipinski definition) is 0. The molecule has 0 spiro atoms. The average Bonchev–Trinajstić information content (AvgIpc) is 2.47. The van der Waals surface area contributed by atoms with Crippen LogP contribution in [0.4, 0.5) is 0 Å². The lowest BCUT2D eigenvalue weighted by atomic mass is 10.2. The molecule has 114 valence electrons. The lowest BCUT2D eigenvalue weighted by molar-refractivity contribution is 0.167. The van der Waals surface area contributed by atoms with Crippen LogP contribution in [0.2, 0.25) is 0 Å². The molecule has 1 unspecified atom stereocenters. The quantitative estimate of drug-likeness (QED) is 0.667. The highest BCUT2D eigenvalue weighted by Gasteiger charge is 2.27. The van der Waals surface area contributed by atoms with Crippen LogP contribution in [0.1, 0.15) is 25.8 Å². The van der Waals surface area contributed by atoms with Crippen molar-refractivity contribution in [1.29, 1.82) is 0 Å². The molecular weight excluding hydrogens is 342 g/mol. The zero-order valence-electron chi connectivity index (χ0n) is 12.2. The number of halogens is 1. The Morgan fingerprint density at radius 1 is 1.30 bits per heavy atom. The van der Waals surface area contributed by atoms with Gasteiger partial charge in [0.1, 0.15) is 0 Å². The fourth-order valence-corrected chi connectivity index (χ4v) is 3.91. The van der Waals surface area contributed by atoms with E-state index in [1.54, 1.807) is 19.2 Å². The maximum atomic E-state index is 12.7. The minimum Gasteiger partial charge on any atom is -0.383 e. The molecule has 0 aromatic heterocycles. The van der Waals surface area contributed by atoms with Gasteiger partial charge >= 0.3 is 0 Å². The van der Waals surface area contributed by atoms with Gasteiger partial charge in [-0.1, -0.05) is 35.0 Å². The smallest absolute Gasteiger partial charge is 0.243 e.